The van der Waals surface area contributed by atoms with Crippen LogP contribution in [-0.4, -0.2) is 0 Å². The van der Waals surface area contributed by atoms with E-state index in [1.54, 1.807) is 12.8 Å². The lowest BCUT2D eigenvalue weighted by Gasteiger charge is -2.37. The Bertz CT molecular complexity index is 476. The molecule has 172 valence electrons. The quantitative estimate of drug-likeness (QED) is 0.313. The third-order valence-electron chi connectivity index (χ3n) is 9.16. The van der Waals surface area contributed by atoms with Crippen molar-refractivity contribution in [1.29, 1.82) is 0 Å². The van der Waals surface area contributed by atoms with Crippen molar-refractivity contribution < 1.29 is 0 Å². The molecule has 0 bridgehead atoms. The van der Waals surface area contributed by atoms with Crippen molar-refractivity contribution in [3.05, 3.63) is 24.3 Å². The Labute approximate surface area is 189 Å². The Balaban J connectivity index is 1.24. The van der Waals surface area contributed by atoms with Crippen LogP contribution in [0.4, 0.5) is 0 Å². The molecule has 0 radical (unpaired) electrons. The van der Waals surface area contributed by atoms with Gasteiger partial charge in [-0.1, -0.05) is 82.6 Å². The van der Waals surface area contributed by atoms with Crippen LogP contribution in [0.25, 0.3) is 0 Å². The minimum Gasteiger partial charge on any atom is -0.0917 e. The average Bonchev–Trinajstić information content (AvgIpc) is 2.79. The highest BCUT2D eigenvalue weighted by molar-refractivity contribution is 4.93. The highest BCUT2D eigenvalue weighted by Gasteiger charge is 2.30. The van der Waals surface area contributed by atoms with Gasteiger partial charge in [0.25, 0.3) is 0 Å². The fourth-order valence-electron chi connectivity index (χ4n) is 7.09. The summed E-state index contributed by atoms with van der Waals surface area (Å²) < 4.78 is 0. The van der Waals surface area contributed by atoms with Gasteiger partial charge in [-0.05, 0) is 107 Å². The van der Waals surface area contributed by atoms with E-state index in [1.807, 2.05) is 0 Å². The van der Waals surface area contributed by atoms with Gasteiger partial charge in [0, 0.05) is 0 Å². The second-order valence-electron chi connectivity index (χ2n) is 11.3. The molecule has 0 saturated heterocycles. The van der Waals surface area contributed by atoms with E-state index < -0.39 is 0 Å². The Morgan fingerprint density at radius 1 is 0.567 bits per heavy atom. The molecule has 0 aromatic heterocycles. The first-order valence-corrected chi connectivity index (χ1v) is 14.1. The van der Waals surface area contributed by atoms with Gasteiger partial charge < -0.3 is 0 Å². The molecule has 0 aromatic rings. The fraction of sp³-hybridized carbons (Fsp3) is 0.867. The maximum absolute atomic E-state index is 2.62. The first kappa shape index (κ1) is 24.1. The van der Waals surface area contributed by atoms with Crippen molar-refractivity contribution >= 4 is 0 Å². The van der Waals surface area contributed by atoms with Crippen molar-refractivity contribution in [2.75, 3.05) is 0 Å². The molecule has 0 heteroatoms. The van der Waals surface area contributed by atoms with Gasteiger partial charge >= 0.3 is 0 Å². The van der Waals surface area contributed by atoms with Crippen LogP contribution in [0, 0.1) is 35.5 Å². The third kappa shape index (κ3) is 8.20. The molecule has 0 nitrogen and oxygen atoms in total. The van der Waals surface area contributed by atoms with E-state index in [1.165, 1.54) is 103 Å². The first-order valence-electron chi connectivity index (χ1n) is 14.1. The Morgan fingerprint density at radius 2 is 1.03 bits per heavy atom. The number of hydrogen-bond acceptors (Lipinski definition) is 0. The van der Waals surface area contributed by atoms with E-state index in [0.29, 0.717) is 0 Å². The summed E-state index contributed by atoms with van der Waals surface area (Å²) in [7, 11) is 0. The molecule has 0 spiro atoms. The number of rotatable bonds is 10. The van der Waals surface area contributed by atoms with Gasteiger partial charge in [-0.2, -0.15) is 0 Å². The zero-order chi connectivity index (χ0) is 21.0. The van der Waals surface area contributed by atoms with Crippen LogP contribution >= 0.6 is 0 Å². The lowest BCUT2D eigenvalue weighted by Crippen LogP contribution is -2.25. The van der Waals surface area contributed by atoms with Crippen molar-refractivity contribution in [1.82, 2.24) is 0 Å². The summed E-state index contributed by atoms with van der Waals surface area (Å²) in [5, 5.41) is 0. The second-order valence-corrected chi connectivity index (χ2v) is 11.3. The Morgan fingerprint density at radius 3 is 1.57 bits per heavy atom. The van der Waals surface area contributed by atoms with Crippen LogP contribution in [0.5, 0.6) is 0 Å². The van der Waals surface area contributed by atoms with E-state index in [2.05, 4.69) is 38.2 Å². The van der Waals surface area contributed by atoms with Crippen molar-refractivity contribution in [2.45, 2.75) is 129 Å². The molecular formula is C30H52. The van der Waals surface area contributed by atoms with Crippen molar-refractivity contribution in [3.63, 3.8) is 0 Å². The average molecular weight is 413 g/mol. The van der Waals surface area contributed by atoms with E-state index in [-0.39, 0.29) is 0 Å². The molecule has 0 heterocycles. The molecule has 3 rings (SSSR count). The Kier molecular flexibility index (Phi) is 11.1. The van der Waals surface area contributed by atoms with Gasteiger partial charge in [-0.25, -0.2) is 0 Å². The minimum atomic E-state index is 0.903. The van der Waals surface area contributed by atoms with Gasteiger partial charge in [0.05, 0.1) is 0 Å². The topological polar surface area (TPSA) is 0 Å². The Hall–Kier alpha value is -0.520. The summed E-state index contributed by atoms with van der Waals surface area (Å²) in [4.78, 5) is 0. The van der Waals surface area contributed by atoms with Gasteiger partial charge in [0.15, 0.2) is 0 Å². The zero-order valence-electron chi connectivity index (χ0n) is 20.5. The molecular weight excluding hydrogens is 360 g/mol. The summed E-state index contributed by atoms with van der Waals surface area (Å²) in [6.07, 6.45) is 36.3. The molecule has 0 atom stereocenters. The van der Waals surface area contributed by atoms with Gasteiger partial charge in [0.1, 0.15) is 0 Å². The molecule has 0 N–H and O–H groups in total. The summed E-state index contributed by atoms with van der Waals surface area (Å²) in [6, 6.07) is 0. The predicted molar refractivity (Wildman–Crippen MR) is 134 cm³/mol. The molecule has 0 amide bonds. The standard InChI is InChI=1S/C30H52/c1-3-5-6-10-26-13-15-27(16-14-26)11-7-8-12-28-19-23-30(24-20-28)29-21-17-25(9-4-2)18-22-29/h3,5,8,12,25-30H,4,6-7,9-11,13-24H2,1-2H3/b5-3+,12-8+. The zero-order valence-corrected chi connectivity index (χ0v) is 20.5. The second kappa shape index (κ2) is 13.8. The summed E-state index contributed by atoms with van der Waals surface area (Å²) >= 11 is 0. The summed E-state index contributed by atoms with van der Waals surface area (Å²) in [5.74, 6) is 6.16. The van der Waals surface area contributed by atoms with Gasteiger partial charge in [-0.15, -0.1) is 0 Å². The molecule has 0 aliphatic heterocycles. The van der Waals surface area contributed by atoms with Crippen LogP contribution in [0.15, 0.2) is 24.3 Å². The lowest BCUT2D eigenvalue weighted by molar-refractivity contribution is 0.152. The molecule has 3 aliphatic rings. The van der Waals surface area contributed by atoms with E-state index in [0.717, 1.165) is 35.5 Å². The molecule has 3 saturated carbocycles. The highest BCUT2D eigenvalue weighted by Crippen LogP contribution is 2.42. The molecule has 30 heavy (non-hydrogen) atoms. The van der Waals surface area contributed by atoms with Crippen LogP contribution in [0.1, 0.15) is 129 Å². The van der Waals surface area contributed by atoms with Crippen molar-refractivity contribution in [2.24, 2.45) is 35.5 Å². The SMILES string of the molecule is C/C=C/CCC1CCC(CC/C=C/C2CCC(C3CCC(CCC)CC3)CC2)CC1. The van der Waals surface area contributed by atoms with Crippen molar-refractivity contribution in [3.8, 4) is 0 Å². The molecule has 3 fully saturated rings. The molecule has 0 unspecified atom stereocenters. The van der Waals surface area contributed by atoms with Crippen LogP contribution in [0.3, 0.4) is 0 Å². The largest absolute Gasteiger partial charge is 0.0917 e. The third-order valence-corrected chi connectivity index (χ3v) is 9.16. The van der Waals surface area contributed by atoms with E-state index in [9.17, 15) is 0 Å². The smallest absolute Gasteiger partial charge is 0.0233 e. The van der Waals surface area contributed by atoms with Gasteiger partial charge in [0.2, 0.25) is 0 Å². The monoisotopic (exact) mass is 412 g/mol. The normalized spacial score (nSPS) is 35.9. The van der Waals surface area contributed by atoms with Crippen LogP contribution in [-0.2, 0) is 0 Å². The molecule has 3 aliphatic carbocycles. The number of hydrogen-bond donors (Lipinski definition) is 0. The maximum atomic E-state index is 2.62. The maximum Gasteiger partial charge on any atom is -0.0233 e. The van der Waals surface area contributed by atoms with Crippen LogP contribution < -0.4 is 0 Å². The minimum absolute atomic E-state index is 0.903. The predicted octanol–water partition coefficient (Wildman–Crippen LogP) is 9.90. The summed E-state index contributed by atoms with van der Waals surface area (Å²) in [5.41, 5.74) is 0. The first-order chi connectivity index (χ1) is 14.8. The van der Waals surface area contributed by atoms with E-state index >= 15 is 0 Å². The lowest BCUT2D eigenvalue weighted by atomic mass is 9.68. The fourth-order valence-corrected chi connectivity index (χ4v) is 7.09. The van der Waals surface area contributed by atoms with E-state index in [4.69, 9.17) is 0 Å². The van der Waals surface area contributed by atoms with Gasteiger partial charge in [-0.3, -0.25) is 0 Å². The summed E-state index contributed by atoms with van der Waals surface area (Å²) in [6.45, 7) is 4.51. The molecule has 0 aromatic carbocycles. The van der Waals surface area contributed by atoms with Crippen LogP contribution in [0.2, 0.25) is 0 Å². The highest BCUT2D eigenvalue weighted by atomic mass is 14.4. The number of allylic oxidation sites excluding steroid dienone is 4.